The van der Waals surface area contributed by atoms with Crippen LogP contribution in [0.3, 0.4) is 0 Å². The van der Waals surface area contributed by atoms with Gasteiger partial charge in [-0.05, 0) is 18.2 Å². The molecule has 0 aliphatic carbocycles. The molecule has 2 rings (SSSR count). The maximum absolute atomic E-state index is 11.7. The third-order valence-electron chi connectivity index (χ3n) is 2.87. The molecular formula is C13H16N2O6. The summed E-state index contributed by atoms with van der Waals surface area (Å²) in [6, 6.07) is 3.15. The molecule has 0 spiro atoms. The standard InChI is InChI=1S/C13H16N2O6/c16-11-5-8(12(17)18)1-2-10(11)15-13(19)14-6-9-7-20-3-4-21-9/h1-2,5,9,16H,3-4,6-7H2,(H,17,18)(H2,14,15,19). The molecule has 1 aromatic carbocycles. The molecule has 0 radical (unpaired) electrons. The van der Waals surface area contributed by atoms with E-state index in [1.54, 1.807) is 0 Å². The fourth-order valence-electron chi connectivity index (χ4n) is 1.80. The topological polar surface area (TPSA) is 117 Å². The van der Waals surface area contributed by atoms with Crippen LogP contribution in [0.2, 0.25) is 0 Å². The summed E-state index contributed by atoms with van der Waals surface area (Å²) in [5.41, 5.74) is 0.0597. The first kappa shape index (κ1) is 15.1. The average molecular weight is 296 g/mol. The van der Waals surface area contributed by atoms with Crippen LogP contribution in [0, 0.1) is 0 Å². The molecule has 1 aliphatic heterocycles. The highest BCUT2D eigenvalue weighted by atomic mass is 16.6. The monoisotopic (exact) mass is 296 g/mol. The molecule has 114 valence electrons. The van der Waals surface area contributed by atoms with Gasteiger partial charge in [-0.2, -0.15) is 0 Å². The lowest BCUT2D eigenvalue weighted by Gasteiger charge is -2.23. The number of carbonyl (C=O) groups is 2. The average Bonchev–Trinajstić information content (AvgIpc) is 2.48. The van der Waals surface area contributed by atoms with Crippen LogP contribution in [-0.2, 0) is 9.47 Å². The number of phenolic OH excluding ortho intramolecular Hbond substituents is 1. The molecule has 1 atom stereocenters. The van der Waals surface area contributed by atoms with Crippen LogP contribution in [0.1, 0.15) is 10.4 Å². The number of carboxylic acid groups (broad SMARTS) is 1. The van der Waals surface area contributed by atoms with Crippen LogP contribution >= 0.6 is 0 Å². The Balaban J connectivity index is 1.85. The molecule has 8 nitrogen and oxygen atoms in total. The van der Waals surface area contributed by atoms with Gasteiger partial charge in [0.2, 0.25) is 0 Å². The second kappa shape index (κ2) is 6.91. The maximum atomic E-state index is 11.7. The lowest BCUT2D eigenvalue weighted by Crippen LogP contribution is -2.41. The number of aromatic carboxylic acids is 1. The number of anilines is 1. The number of carboxylic acids is 1. The first-order chi connectivity index (χ1) is 10.1. The number of hydrogen-bond acceptors (Lipinski definition) is 5. The zero-order chi connectivity index (χ0) is 15.2. The van der Waals surface area contributed by atoms with Gasteiger partial charge in [0.25, 0.3) is 0 Å². The largest absolute Gasteiger partial charge is 0.506 e. The van der Waals surface area contributed by atoms with E-state index in [1.165, 1.54) is 12.1 Å². The van der Waals surface area contributed by atoms with Crippen molar-refractivity contribution in [2.75, 3.05) is 31.7 Å². The summed E-state index contributed by atoms with van der Waals surface area (Å²) in [6.07, 6.45) is -0.201. The zero-order valence-corrected chi connectivity index (χ0v) is 11.2. The Morgan fingerprint density at radius 3 is 2.76 bits per heavy atom. The molecule has 0 aromatic heterocycles. The lowest BCUT2D eigenvalue weighted by atomic mass is 10.2. The molecule has 0 saturated carbocycles. The lowest BCUT2D eigenvalue weighted by molar-refractivity contribution is -0.0852. The van der Waals surface area contributed by atoms with E-state index >= 15 is 0 Å². The first-order valence-electron chi connectivity index (χ1n) is 6.37. The quantitative estimate of drug-likeness (QED) is 0.605. The molecule has 2 amide bonds. The number of carbonyl (C=O) groups excluding carboxylic acids is 1. The van der Waals surface area contributed by atoms with Gasteiger partial charge in [-0.1, -0.05) is 0 Å². The molecule has 1 fully saturated rings. The van der Waals surface area contributed by atoms with Crippen LogP contribution < -0.4 is 10.6 Å². The number of nitrogens with one attached hydrogen (secondary N) is 2. The number of benzene rings is 1. The SMILES string of the molecule is O=C(NCC1COCCO1)Nc1ccc(C(=O)O)cc1O. The number of amides is 2. The second-order valence-electron chi connectivity index (χ2n) is 4.44. The van der Waals surface area contributed by atoms with Crippen molar-refractivity contribution in [2.24, 2.45) is 0 Å². The van der Waals surface area contributed by atoms with Crippen molar-refractivity contribution in [2.45, 2.75) is 6.10 Å². The summed E-state index contributed by atoms with van der Waals surface area (Å²) < 4.78 is 10.6. The predicted octanol–water partition coefficient (Wildman–Crippen LogP) is 0.627. The fourth-order valence-corrected chi connectivity index (χ4v) is 1.80. The summed E-state index contributed by atoms with van der Waals surface area (Å²) in [7, 11) is 0. The fraction of sp³-hybridized carbons (Fsp3) is 0.385. The summed E-state index contributed by atoms with van der Waals surface area (Å²) in [5, 5.41) is 23.4. The van der Waals surface area contributed by atoms with E-state index in [9.17, 15) is 14.7 Å². The van der Waals surface area contributed by atoms with Crippen molar-refractivity contribution in [1.82, 2.24) is 5.32 Å². The van der Waals surface area contributed by atoms with E-state index < -0.39 is 12.0 Å². The van der Waals surface area contributed by atoms with Crippen molar-refractivity contribution in [3.63, 3.8) is 0 Å². The molecule has 21 heavy (non-hydrogen) atoms. The second-order valence-corrected chi connectivity index (χ2v) is 4.44. The number of ether oxygens (including phenoxy) is 2. The molecule has 1 aromatic rings. The molecule has 1 unspecified atom stereocenters. The van der Waals surface area contributed by atoms with Gasteiger partial charge in [0, 0.05) is 6.54 Å². The maximum Gasteiger partial charge on any atom is 0.335 e. The van der Waals surface area contributed by atoms with Gasteiger partial charge in [-0.25, -0.2) is 9.59 Å². The van der Waals surface area contributed by atoms with Crippen molar-refractivity contribution >= 4 is 17.7 Å². The van der Waals surface area contributed by atoms with E-state index in [-0.39, 0.29) is 29.6 Å². The van der Waals surface area contributed by atoms with Gasteiger partial charge >= 0.3 is 12.0 Å². The van der Waals surface area contributed by atoms with E-state index in [1.807, 2.05) is 0 Å². The Kier molecular flexibility index (Phi) is 4.96. The Hall–Kier alpha value is -2.32. The van der Waals surface area contributed by atoms with Gasteiger partial charge in [-0.15, -0.1) is 0 Å². The first-order valence-corrected chi connectivity index (χ1v) is 6.37. The predicted molar refractivity (Wildman–Crippen MR) is 72.6 cm³/mol. The van der Waals surface area contributed by atoms with Gasteiger partial charge in [-0.3, -0.25) is 0 Å². The Morgan fingerprint density at radius 1 is 1.33 bits per heavy atom. The van der Waals surface area contributed by atoms with Crippen molar-refractivity contribution in [1.29, 1.82) is 0 Å². The van der Waals surface area contributed by atoms with E-state index in [0.717, 1.165) is 6.07 Å². The van der Waals surface area contributed by atoms with Crippen LogP contribution in [0.15, 0.2) is 18.2 Å². The number of phenols is 1. The highest BCUT2D eigenvalue weighted by Crippen LogP contribution is 2.24. The van der Waals surface area contributed by atoms with Crippen LogP contribution in [0.25, 0.3) is 0 Å². The summed E-state index contributed by atoms with van der Waals surface area (Å²) in [4.78, 5) is 22.4. The van der Waals surface area contributed by atoms with Crippen molar-refractivity contribution in [3.8, 4) is 5.75 Å². The minimum atomic E-state index is -1.16. The molecule has 0 bridgehead atoms. The summed E-state index contributed by atoms with van der Waals surface area (Å²) in [5.74, 6) is -1.47. The summed E-state index contributed by atoms with van der Waals surface area (Å²) >= 11 is 0. The van der Waals surface area contributed by atoms with E-state index in [2.05, 4.69) is 10.6 Å². The van der Waals surface area contributed by atoms with Crippen LogP contribution in [0.5, 0.6) is 5.75 Å². The molecule has 8 heteroatoms. The van der Waals surface area contributed by atoms with Gasteiger partial charge in [0.15, 0.2) is 0 Å². The molecule has 1 aliphatic rings. The van der Waals surface area contributed by atoms with Crippen LogP contribution in [-0.4, -0.2) is 54.7 Å². The highest BCUT2D eigenvalue weighted by Gasteiger charge is 2.16. The Labute approximate surface area is 120 Å². The zero-order valence-electron chi connectivity index (χ0n) is 11.2. The normalized spacial score (nSPS) is 18.0. The number of urea groups is 1. The van der Waals surface area contributed by atoms with Gasteiger partial charge in [0.05, 0.1) is 37.2 Å². The van der Waals surface area contributed by atoms with Crippen LogP contribution in [0.4, 0.5) is 10.5 Å². The van der Waals surface area contributed by atoms with E-state index in [4.69, 9.17) is 14.6 Å². The Bertz CT molecular complexity index is 527. The highest BCUT2D eigenvalue weighted by molar-refractivity contribution is 5.93. The third kappa shape index (κ3) is 4.33. The van der Waals surface area contributed by atoms with Crippen molar-refractivity contribution in [3.05, 3.63) is 23.8 Å². The number of aromatic hydroxyl groups is 1. The van der Waals surface area contributed by atoms with Gasteiger partial charge < -0.3 is 30.3 Å². The minimum Gasteiger partial charge on any atom is -0.506 e. The molecule has 1 heterocycles. The summed E-state index contributed by atoms with van der Waals surface area (Å²) in [6.45, 7) is 1.73. The number of rotatable bonds is 4. The number of hydrogen-bond donors (Lipinski definition) is 4. The Morgan fingerprint density at radius 2 is 2.14 bits per heavy atom. The minimum absolute atomic E-state index is 0.0637. The third-order valence-corrected chi connectivity index (χ3v) is 2.87. The molecular weight excluding hydrogens is 280 g/mol. The smallest absolute Gasteiger partial charge is 0.335 e. The molecule has 1 saturated heterocycles. The van der Waals surface area contributed by atoms with Gasteiger partial charge in [0.1, 0.15) is 5.75 Å². The van der Waals surface area contributed by atoms with Crippen molar-refractivity contribution < 1.29 is 29.3 Å². The van der Waals surface area contributed by atoms with E-state index in [0.29, 0.717) is 19.8 Å². The molecule has 4 N–H and O–H groups in total.